The Kier molecular flexibility index (Phi) is 18.8. The van der Waals surface area contributed by atoms with E-state index in [0.29, 0.717) is 19.3 Å². The normalized spacial score (nSPS) is 8.50. The van der Waals surface area contributed by atoms with E-state index in [1.807, 2.05) is 0 Å². The summed E-state index contributed by atoms with van der Waals surface area (Å²) in [6, 6.07) is 0. The minimum absolute atomic E-state index is 0. The van der Waals surface area contributed by atoms with Crippen LogP contribution in [0.3, 0.4) is 0 Å². The van der Waals surface area contributed by atoms with Gasteiger partial charge in [0.1, 0.15) is 0 Å². The topological polar surface area (TPSA) is 80.3 Å². The summed E-state index contributed by atoms with van der Waals surface area (Å²) in [7, 11) is 0. The van der Waals surface area contributed by atoms with E-state index in [9.17, 15) is 19.8 Å². The molecule has 0 aromatic carbocycles. The van der Waals surface area contributed by atoms with Crippen molar-refractivity contribution >= 4 is 11.9 Å². The minimum Gasteiger partial charge on any atom is -0.550 e. The summed E-state index contributed by atoms with van der Waals surface area (Å²) in [6.07, 6.45) is 3.35. The first-order valence-electron chi connectivity index (χ1n) is 4.63. The molecular formula is C10H14Na2O4. The molecule has 0 rings (SSSR count). The molecule has 0 aromatic rings. The predicted molar refractivity (Wildman–Crippen MR) is 46.9 cm³/mol. The maximum Gasteiger partial charge on any atom is 1.00 e. The van der Waals surface area contributed by atoms with Crippen LogP contribution < -0.4 is 69.3 Å². The van der Waals surface area contributed by atoms with Crippen LogP contribution in [0.2, 0.25) is 0 Å². The van der Waals surface area contributed by atoms with Crippen LogP contribution in [0.4, 0.5) is 0 Å². The largest absolute Gasteiger partial charge is 1.00 e. The van der Waals surface area contributed by atoms with Crippen molar-refractivity contribution in [3.05, 3.63) is 12.2 Å². The molecular weight excluding hydrogens is 230 g/mol. The summed E-state index contributed by atoms with van der Waals surface area (Å²) in [4.78, 5) is 20.2. The van der Waals surface area contributed by atoms with Crippen LogP contribution in [0.5, 0.6) is 0 Å². The van der Waals surface area contributed by atoms with Crippen molar-refractivity contribution in [3.63, 3.8) is 0 Å². The first-order chi connectivity index (χ1) is 6.54. The van der Waals surface area contributed by atoms with E-state index in [-0.39, 0.29) is 71.1 Å². The molecule has 16 heavy (non-hydrogen) atoms. The molecule has 0 unspecified atom stereocenters. The molecule has 80 valence electrons. The maximum absolute atomic E-state index is 10.2. The Hall–Kier alpha value is 0.680. The van der Waals surface area contributed by atoms with Crippen LogP contribution in [0, 0.1) is 0 Å². The minimum atomic E-state index is -1.21. The van der Waals surface area contributed by atoms with Gasteiger partial charge in [0.25, 0.3) is 0 Å². The Morgan fingerprint density at radius 1 is 0.875 bits per heavy atom. The summed E-state index contributed by atoms with van der Waals surface area (Å²) in [5.74, 6) is -2.25. The number of carbonyl (C=O) groups excluding carboxylic acids is 2. The smallest absolute Gasteiger partial charge is 0.550 e. The Bertz CT molecular complexity index is 229. The van der Waals surface area contributed by atoms with E-state index in [4.69, 9.17) is 0 Å². The molecule has 0 aliphatic heterocycles. The van der Waals surface area contributed by atoms with Crippen LogP contribution >= 0.6 is 0 Å². The average Bonchev–Trinajstić information content (AvgIpc) is 2.09. The van der Waals surface area contributed by atoms with Gasteiger partial charge in [0.05, 0.1) is 5.97 Å². The van der Waals surface area contributed by atoms with Gasteiger partial charge in [0.15, 0.2) is 0 Å². The van der Waals surface area contributed by atoms with Crippen LogP contribution in [-0.2, 0) is 9.59 Å². The average molecular weight is 244 g/mol. The SMILES string of the molecule is C=C(CCCCCCC(=O)[O-])C(=O)[O-].[Na+].[Na+]. The number of hydrogen-bond acceptors (Lipinski definition) is 4. The van der Waals surface area contributed by atoms with Crippen LogP contribution in [-0.4, -0.2) is 11.9 Å². The van der Waals surface area contributed by atoms with Gasteiger partial charge in [-0.3, -0.25) is 0 Å². The van der Waals surface area contributed by atoms with E-state index in [2.05, 4.69) is 6.58 Å². The van der Waals surface area contributed by atoms with E-state index in [1.165, 1.54) is 0 Å². The van der Waals surface area contributed by atoms with E-state index >= 15 is 0 Å². The molecule has 0 aliphatic rings. The fourth-order valence-corrected chi connectivity index (χ4v) is 1.06. The summed E-state index contributed by atoms with van der Waals surface area (Å²) >= 11 is 0. The third-order valence-electron chi connectivity index (χ3n) is 1.90. The Morgan fingerprint density at radius 2 is 1.31 bits per heavy atom. The third-order valence-corrected chi connectivity index (χ3v) is 1.90. The van der Waals surface area contributed by atoms with Gasteiger partial charge in [0.2, 0.25) is 0 Å². The van der Waals surface area contributed by atoms with Gasteiger partial charge in [-0.15, -0.1) is 0 Å². The van der Waals surface area contributed by atoms with Crippen molar-refractivity contribution in [1.82, 2.24) is 0 Å². The standard InChI is InChI=1S/C10H16O4.2Na/c1-8(10(13)14)6-4-2-3-5-7-9(11)12;;/h1-7H2,(H,11,12)(H,13,14);;/q;2*+1/p-2. The van der Waals surface area contributed by atoms with Gasteiger partial charge >= 0.3 is 59.1 Å². The summed E-state index contributed by atoms with van der Waals surface area (Å²) < 4.78 is 0. The van der Waals surface area contributed by atoms with Crippen LogP contribution in [0.25, 0.3) is 0 Å². The zero-order valence-corrected chi connectivity index (χ0v) is 14.1. The summed E-state index contributed by atoms with van der Waals surface area (Å²) in [5, 5.41) is 20.2. The fourth-order valence-electron chi connectivity index (χ4n) is 1.06. The maximum atomic E-state index is 10.2. The number of carboxylic acids is 2. The molecule has 0 bridgehead atoms. The van der Waals surface area contributed by atoms with Crippen LogP contribution in [0.1, 0.15) is 38.5 Å². The molecule has 0 N–H and O–H groups in total. The second-order valence-electron chi connectivity index (χ2n) is 3.18. The number of unbranched alkanes of at least 4 members (excludes halogenated alkanes) is 3. The molecule has 0 radical (unpaired) electrons. The van der Waals surface area contributed by atoms with E-state index in [0.717, 1.165) is 12.8 Å². The summed E-state index contributed by atoms with van der Waals surface area (Å²) in [6.45, 7) is 3.33. The summed E-state index contributed by atoms with van der Waals surface area (Å²) in [5.41, 5.74) is 0.102. The van der Waals surface area contributed by atoms with Gasteiger partial charge in [-0.05, 0) is 31.3 Å². The molecule has 0 saturated carbocycles. The van der Waals surface area contributed by atoms with Crippen LogP contribution in [0.15, 0.2) is 12.2 Å². The van der Waals surface area contributed by atoms with Gasteiger partial charge in [-0.2, -0.15) is 0 Å². The second kappa shape index (κ2) is 13.7. The van der Waals surface area contributed by atoms with E-state index < -0.39 is 11.9 Å². The first kappa shape index (κ1) is 21.9. The second-order valence-corrected chi connectivity index (χ2v) is 3.18. The Morgan fingerprint density at radius 3 is 1.69 bits per heavy atom. The molecule has 0 spiro atoms. The molecule has 6 heteroatoms. The molecule has 0 amide bonds. The zero-order valence-electron chi connectivity index (χ0n) is 10.1. The van der Waals surface area contributed by atoms with Crippen molar-refractivity contribution in [2.24, 2.45) is 0 Å². The van der Waals surface area contributed by atoms with Crippen molar-refractivity contribution in [1.29, 1.82) is 0 Å². The number of rotatable bonds is 8. The zero-order chi connectivity index (χ0) is 11.0. The number of aliphatic carboxylic acids is 2. The number of carboxylic acid groups (broad SMARTS) is 2. The number of hydrogen-bond donors (Lipinski definition) is 0. The van der Waals surface area contributed by atoms with Gasteiger partial charge in [-0.25, -0.2) is 0 Å². The molecule has 0 aliphatic carbocycles. The molecule has 0 saturated heterocycles. The first-order valence-corrected chi connectivity index (χ1v) is 4.63. The van der Waals surface area contributed by atoms with Crippen molar-refractivity contribution in [3.8, 4) is 0 Å². The van der Waals surface area contributed by atoms with Crippen molar-refractivity contribution < 1.29 is 78.9 Å². The quantitative estimate of drug-likeness (QED) is 0.241. The van der Waals surface area contributed by atoms with Gasteiger partial charge in [-0.1, -0.05) is 19.4 Å². The number of carbonyl (C=O) groups is 2. The Labute approximate surface area is 140 Å². The molecule has 0 heterocycles. The third kappa shape index (κ3) is 14.7. The van der Waals surface area contributed by atoms with Gasteiger partial charge < -0.3 is 19.8 Å². The van der Waals surface area contributed by atoms with Crippen molar-refractivity contribution in [2.75, 3.05) is 0 Å². The van der Waals surface area contributed by atoms with Crippen molar-refractivity contribution in [2.45, 2.75) is 38.5 Å². The monoisotopic (exact) mass is 244 g/mol. The molecule has 0 atom stereocenters. The van der Waals surface area contributed by atoms with E-state index in [1.54, 1.807) is 0 Å². The predicted octanol–water partition coefficient (Wildman–Crippen LogP) is -6.61. The Balaban J connectivity index is -0.000000845. The molecule has 0 aromatic heterocycles. The fraction of sp³-hybridized carbons (Fsp3) is 0.600. The molecule has 4 nitrogen and oxygen atoms in total. The molecule has 0 fully saturated rings. The van der Waals surface area contributed by atoms with Gasteiger partial charge in [0, 0.05) is 5.97 Å².